The monoisotopic (exact) mass is 423 g/mol. The van der Waals surface area contributed by atoms with Crippen LogP contribution in [0.3, 0.4) is 0 Å². The van der Waals surface area contributed by atoms with Gasteiger partial charge in [0.2, 0.25) is 5.91 Å². The van der Waals surface area contributed by atoms with Gasteiger partial charge >= 0.3 is 0 Å². The molecule has 0 saturated heterocycles. The number of amides is 2. The summed E-state index contributed by atoms with van der Waals surface area (Å²) in [5.74, 6) is 0.340. The van der Waals surface area contributed by atoms with E-state index in [4.69, 9.17) is 4.98 Å². The highest BCUT2D eigenvalue weighted by molar-refractivity contribution is 5.97. The van der Waals surface area contributed by atoms with Gasteiger partial charge in [-0.05, 0) is 24.7 Å². The Bertz CT molecular complexity index is 956. The number of aromatic nitrogens is 2. The molecule has 2 aromatic rings. The molecule has 4 rings (SSSR count). The van der Waals surface area contributed by atoms with Crippen molar-refractivity contribution in [1.82, 2.24) is 25.1 Å². The van der Waals surface area contributed by atoms with Crippen molar-refractivity contribution in [1.29, 1.82) is 0 Å². The van der Waals surface area contributed by atoms with E-state index in [0.29, 0.717) is 18.3 Å². The van der Waals surface area contributed by atoms with Crippen LogP contribution in [0.25, 0.3) is 11.4 Å². The van der Waals surface area contributed by atoms with Crippen molar-refractivity contribution in [2.45, 2.75) is 65.2 Å². The summed E-state index contributed by atoms with van der Waals surface area (Å²) in [4.78, 5) is 33.3. The first-order valence-electron chi connectivity index (χ1n) is 11.2. The van der Waals surface area contributed by atoms with Gasteiger partial charge in [0.1, 0.15) is 11.9 Å². The fourth-order valence-corrected chi connectivity index (χ4v) is 4.35. The number of imidazole rings is 1. The fourth-order valence-electron chi connectivity index (χ4n) is 4.35. The summed E-state index contributed by atoms with van der Waals surface area (Å²) in [5, 5.41) is 5.65. The van der Waals surface area contributed by atoms with Gasteiger partial charge in [-0.1, -0.05) is 51.1 Å². The van der Waals surface area contributed by atoms with Gasteiger partial charge in [0.15, 0.2) is 5.69 Å². The quantitative estimate of drug-likeness (QED) is 0.775. The Kier molecular flexibility index (Phi) is 5.88. The Balaban J connectivity index is 1.73. The number of hydrogen-bond acceptors (Lipinski definition) is 4. The van der Waals surface area contributed by atoms with E-state index in [1.165, 1.54) is 12.8 Å². The number of nitrogens with zero attached hydrogens (tertiary/aromatic N) is 3. The minimum atomic E-state index is -0.646. The number of carbonyl (C=O) groups excluding carboxylic acids is 2. The summed E-state index contributed by atoms with van der Waals surface area (Å²) >= 11 is 0. The first-order chi connectivity index (χ1) is 14.8. The molecule has 2 heterocycles. The maximum absolute atomic E-state index is 13.5. The number of nitrogens with one attached hydrogen (secondary N) is 2. The van der Waals surface area contributed by atoms with Crippen LogP contribution in [0, 0.1) is 5.41 Å². The van der Waals surface area contributed by atoms with Crippen LogP contribution in [-0.2, 0) is 17.9 Å². The molecular formula is C24H33N5O2. The van der Waals surface area contributed by atoms with Crippen molar-refractivity contribution in [3.63, 3.8) is 0 Å². The highest BCUT2D eigenvalue weighted by atomic mass is 16.2. The van der Waals surface area contributed by atoms with Crippen molar-refractivity contribution in [2.24, 2.45) is 5.41 Å². The molecule has 1 unspecified atom stereocenters. The van der Waals surface area contributed by atoms with Crippen LogP contribution in [0.15, 0.2) is 30.3 Å². The molecule has 1 aromatic heterocycles. The minimum Gasteiger partial charge on any atom is -0.357 e. The van der Waals surface area contributed by atoms with E-state index in [2.05, 4.69) is 20.1 Å². The van der Waals surface area contributed by atoms with Gasteiger partial charge in [0.25, 0.3) is 5.91 Å². The van der Waals surface area contributed by atoms with Gasteiger partial charge in [-0.25, -0.2) is 4.98 Å². The Morgan fingerprint density at radius 2 is 1.84 bits per heavy atom. The Morgan fingerprint density at radius 3 is 2.45 bits per heavy atom. The topological polar surface area (TPSA) is 79.3 Å². The van der Waals surface area contributed by atoms with Crippen molar-refractivity contribution in [3.8, 4) is 11.4 Å². The fraction of sp³-hybridized carbons (Fsp3) is 0.542. The maximum atomic E-state index is 13.5. The Hall–Kier alpha value is -2.67. The first kappa shape index (κ1) is 21.6. The van der Waals surface area contributed by atoms with E-state index in [9.17, 15) is 9.59 Å². The van der Waals surface area contributed by atoms with E-state index in [0.717, 1.165) is 36.6 Å². The normalized spacial score (nSPS) is 18.1. The zero-order chi connectivity index (χ0) is 22.2. The predicted octanol–water partition coefficient (Wildman–Crippen LogP) is 2.81. The molecule has 1 atom stereocenters. The summed E-state index contributed by atoms with van der Waals surface area (Å²) in [6.07, 6.45) is 3.48. The lowest BCUT2D eigenvalue weighted by atomic mass is 9.86. The molecule has 1 saturated carbocycles. The van der Waals surface area contributed by atoms with Crippen molar-refractivity contribution < 1.29 is 9.59 Å². The summed E-state index contributed by atoms with van der Waals surface area (Å²) in [7, 11) is 1.59. The summed E-state index contributed by atoms with van der Waals surface area (Å²) in [6.45, 7) is 8.43. The highest BCUT2D eigenvalue weighted by Gasteiger charge is 2.36. The molecule has 7 heteroatoms. The molecule has 1 aliphatic heterocycles. The van der Waals surface area contributed by atoms with Gasteiger partial charge in [0.05, 0.1) is 5.69 Å². The van der Waals surface area contributed by atoms with E-state index < -0.39 is 11.5 Å². The van der Waals surface area contributed by atoms with Crippen LogP contribution in [0.4, 0.5) is 0 Å². The van der Waals surface area contributed by atoms with Gasteiger partial charge in [-0.3, -0.25) is 14.5 Å². The first-order valence-corrected chi connectivity index (χ1v) is 11.2. The third-order valence-corrected chi connectivity index (χ3v) is 6.21. The van der Waals surface area contributed by atoms with Gasteiger partial charge in [-0.15, -0.1) is 0 Å². The van der Waals surface area contributed by atoms with E-state index >= 15 is 0 Å². The second kappa shape index (κ2) is 8.46. The number of benzene rings is 1. The van der Waals surface area contributed by atoms with Gasteiger partial charge < -0.3 is 15.2 Å². The molecule has 0 bridgehead atoms. The van der Waals surface area contributed by atoms with Crippen LogP contribution >= 0.6 is 0 Å². The molecular weight excluding hydrogens is 390 g/mol. The smallest absolute Gasteiger partial charge is 0.272 e. The number of rotatable bonds is 5. The number of hydrogen-bond donors (Lipinski definition) is 2. The summed E-state index contributed by atoms with van der Waals surface area (Å²) < 4.78 is 2.21. The standard InChI is InChI=1S/C24H33N5O2/c1-24(2,3)20(23(31)25-4)27-22(30)19-18-15-28(17-11-12-17)13-8-14-29(18)21(26-19)16-9-6-5-7-10-16/h5-7,9-10,17,20H,8,11-15H2,1-4H3,(H,25,31)(H,27,30). The number of fused-ring (bicyclic) bond motifs is 1. The second-order valence-electron chi connectivity index (χ2n) is 9.69. The molecule has 1 aliphatic carbocycles. The lowest BCUT2D eigenvalue weighted by Gasteiger charge is -2.29. The molecule has 7 nitrogen and oxygen atoms in total. The van der Waals surface area contributed by atoms with Crippen LogP contribution in [0.5, 0.6) is 0 Å². The van der Waals surface area contributed by atoms with Crippen molar-refractivity contribution in [3.05, 3.63) is 41.7 Å². The molecule has 1 fully saturated rings. The molecule has 31 heavy (non-hydrogen) atoms. The molecule has 2 aliphatic rings. The number of carbonyl (C=O) groups is 2. The highest BCUT2D eigenvalue weighted by Crippen LogP contribution is 2.33. The summed E-state index contributed by atoms with van der Waals surface area (Å²) in [5.41, 5.74) is 1.96. The van der Waals surface area contributed by atoms with E-state index in [-0.39, 0.29) is 11.8 Å². The average molecular weight is 424 g/mol. The molecule has 0 radical (unpaired) electrons. The molecule has 2 N–H and O–H groups in total. The molecule has 0 spiro atoms. The lowest BCUT2D eigenvalue weighted by Crippen LogP contribution is -2.53. The molecule has 2 amide bonds. The van der Waals surface area contributed by atoms with E-state index in [1.807, 2.05) is 51.1 Å². The predicted molar refractivity (Wildman–Crippen MR) is 120 cm³/mol. The largest absolute Gasteiger partial charge is 0.357 e. The van der Waals surface area contributed by atoms with Crippen molar-refractivity contribution >= 4 is 11.8 Å². The Labute approximate surface area is 184 Å². The molecule has 166 valence electrons. The van der Waals surface area contributed by atoms with Crippen molar-refractivity contribution in [2.75, 3.05) is 13.6 Å². The lowest BCUT2D eigenvalue weighted by molar-refractivity contribution is -0.124. The maximum Gasteiger partial charge on any atom is 0.272 e. The summed E-state index contributed by atoms with van der Waals surface area (Å²) in [6, 6.07) is 10.00. The average Bonchev–Trinajstić information content (AvgIpc) is 3.55. The third-order valence-electron chi connectivity index (χ3n) is 6.21. The minimum absolute atomic E-state index is 0.200. The number of likely N-dealkylation sites (N-methyl/N-ethyl adjacent to an activating group) is 1. The van der Waals surface area contributed by atoms with Gasteiger partial charge in [-0.2, -0.15) is 0 Å². The zero-order valence-corrected chi connectivity index (χ0v) is 18.9. The molecule has 1 aromatic carbocycles. The Morgan fingerprint density at radius 1 is 1.13 bits per heavy atom. The van der Waals surface area contributed by atoms with Gasteiger partial charge in [0, 0.05) is 38.3 Å². The van der Waals surface area contributed by atoms with Crippen LogP contribution < -0.4 is 10.6 Å². The van der Waals surface area contributed by atoms with Crippen LogP contribution in [-0.4, -0.2) is 51.9 Å². The zero-order valence-electron chi connectivity index (χ0n) is 18.9. The SMILES string of the molecule is CNC(=O)C(NC(=O)c1nc(-c2ccccc2)n2c1CN(C1CC1)CCC2)C(C)(C)C. The third kappa shape index (κ3) is 4.51. The second-order valence-corrected chi connectivity index (χ2v) is 9.69. The van der Waals surface area contributed by atoms with E-state index in [1.54, 1.807) is 7.05 Å². The van der Waals surface area contributed by atoms with Crippen LogP contribution in [0.2, 0.25) is 0 Å². The van der Waals surface area contributed by atoms with Crippen LogP contribution in [0.1, 0.15) is 56.2 Å².